The monoisotopic (exact) mass is 350 g/mol. The number of hydrogen-bond acceptors (Lipinski definition) is 6. The molecule has 3 aromatic rings. The number of benzene rings is 1. The van der Waals surface area contributed by atoms with Gasteiger partial charge in [0, 0.05) is 23.5 Å². The molecule has 132 valence electrons. The molecule has 0 unspecified atom stereocenters. The maximum absolute atomic E-state index is 12.9. The summed E-state index contributed by atoms with van der Waals surface area (Å²) in [5, 5.41) is 0. The van der Waals surface area contributed by atoms with E-state index in [1.54, 1.807) is 24.2 Å². The molecule has 3 heterocycles. The molecule has 26 heavy (non-hydrogen) atoms. The lowest BCUT2D eigenvalue weighted by atomic mass is 10.0. The van der Waals surface area contributed by atoms with Crippen LogP contribution in [0.3, 0.4) is 0 Å². The third-order valence-corrected chi connectivity index (χ3v) is 4.51. The van der Waals surface area contributed by atoms with Crippen LogP contribution >= 0.6 is 0 Å². The fourth-order valence-electron chi connectivity index (χ4n) is 3.02. The summed E-state index contributed by atoms with van der Waals surface area (Å²) in [7, 11) is 0. The zero-order valence-electron chi connectivity index (χ0n) is 14.5. The molecule has 2 aromatic heterocycles. The molecule has 1 aliphatic heterocycles. The number of rotatable bonds is 2. The molecule has 0 N–H and O–H groups in total. The molecule has 0 saturated carbocycles. The summed E-state index contributed by atoms with van der Waals surface area (Å²) in [6.07, 6.45) is 6.31. The highest BCUT2D eigenvalue weighted by atomic mass is 16.5. The van der Waals surface area contributed by atoms with E-state index < -0.39 is 0 Å². The predicted octanol–water partition coefficient (Wildman–Crippen LogP) is 2.86. The number of carbonyl (C=O) groups excluding carboxylic acids is 1. The Hall–Kier alpha value is -3.22. The predicted molar refractivity (Wildman–Crippen MR) is 93.5 cm³/mol. The van der Waals surface area contributed by atoms with Crippen LogP contribution in [0.2, 0.25) is 0 Å². The zero-order chi connectivity index (χ0) is 18.1. The fourth-order valence-corrected chi connectivity index (χ4v) is 3.02. The van der Waals surface area contributed by atoms with Crippen molar-refractivity contribution in [2.45, 2.75) is 26.4 Å². The van der Waals surface area contributed by atoms with Crippen molar-refractivity contribution >= 4 is 5.91 Å². The van der Waals surface area contributed by atoms with E-state index in [1.807, 2.05) is 25.1 Å². The van der Waals surface area contributed by atoms with E-state index in [9.17, 15) is 4.79 Å². The Kier molecular flexibility index (Phi) is 4.12. The quantitative estimate of drug-likeness (QED) is 0.707. The molecule has 1 aliphatic rings. The molecule has 0 saturated heterocycles. The second kappa shape index (κ2) is 6.59. The third kappa shape index (κ3) is 2.92. The standard InChI is InChI=1S/C19H18N4O3/c1-12-9-25-17-4-3-14(16-6-20-10-21-7-16)5-15(17)8-23(12)19(24)18-13(2)22-11-26-18/h3-7,10-12H,8-9H2,1-2H3/t12-/m1/s1. The lowest BCUT2D eigenvalue weighted by Gasteiger charge is -2.25. The maximum Gasteiger partial charge on any atom is 0.292 e. The normalized spacial score (nSPS) is 16.5. The third-order valence-electron chi connectivity index (χ3n) is 4.51. The number of ether oxygens (including phenoxy) is 1. The molecule has 1 amide bonds. The van der Waals surface area contributed by atoms with Crippen molar-refractivity contribution in [2.24, 2.45) is 0 Å². The Balaban J connectivity index is 1.69. The topological polar surface area (TPSA) is 81.4 Å². The smallest absolute Gasteiger partial charge is 0.292 e. The Morgan fingerprint density at radius 2 is 2.04 bits per heavy atom. The molecule has 0 bridgehead atoms. The number of hydrogen-bond donors (Lipinski definition) is 0. The Labute approximate surface area is 150 Å². The maximum atomic E-state index is 12.9. The molecular formula is C19H18N4O3. The number of carbonyl (C=O) groups is 1. The van der Waals surface area contributed by atoms with E-state index in [2.05, 4.69) is 15.0 Å². The molecule has 4 rings (SSSR count). The van der Waals surface area contributed by atoms with Crippen molar-refractivity contribution in [2.75, 3.05) is 6.61 Å². The van der Waals surface area contributed by atoms with Crippen LogP contribution < -0.4 is 4.74 Å². The first-order valence-corrected chi connectivity index (χ1v) is 8.35. The van der Waals surface area contributed by atoms with Crippen molar-refractivity contribution in [3.05, 3.63) is 60.3 Å². The summed E-state index contributed by atoms with van der Waals surface area (Å²) >= 11 is 0. The molecule has 1 atom stereocenters. The highest BCUT2D eigenvalue weighted by Crippen LogP contribution is 2.30. The van der Waals surface area contributed by atoms with Gasteiger partial charge < -0.3 is 14.1 Å². The number of aromatic nitrogens is 3. The molecule has 0 aliphatic carbocycles. The number of amides is 1. The van der Waals surface area contributed by atoms with Crippen LogP contribution in [0.1, 0.15) is 28.7 Å². The lowest BCUT2D eigenvalue weighted by molar-refractivity contribution is 0.0612. The van der Waals surface area contributed by atoms with Gasteiger partial charge in [0.1, 0.15) is 18.7 Å². The van der Waals surface area contributed by atoms with Gasteiger partial charge in [-0.3, -0.25) is 4.79 Å². The summed E-state index contributed by atoms with van der Waals surface area (Å²) in [5.41, 5.74) is 3.41. The minimum atomic E-state index is -0.183. The molecule has 0 spiro atoms. The largest absolute Gasteiger partial charge is 0.491 e. The number of aryl methyl sites for hydroxylation is 1. The van der Waals surface area contributed by atoms with Gasteiger partial charge in [0.15, 0.2) is 6.39 Å². The minimum absolute atomic E-state index is 0.0945. The first-order valence-electron chi connectivity index (χ1n) is 8.35. The SMILES string of the molecule is Cc1ncoc1C(=O)N1Cc2cc(-c3cncnc3)ccc2OC[C@H]1C. The van der Waals surface area contributed by atoms with Crippen LogP contribution in [-0.2, 0) is 6.54 Å². The van der Waals surface area contributed by atoms with Crippen molar-refractivity contribution in [1.82, 2.24) is 19.9 Å². The van der Waals surface area contributed by atoms with Gasteiger partial charge in [-0.1, -0.05) is 6.07 Å². The van der Waals surface area contributed by atoms with E-state index in [4.69, 9.17) is 9.15 Å². The highest BCUT2D eigenvalue weighted by molar-refractivity contribution is 5.92. The van der Waals surface area contributed by atoms with Crippen molar-refractivity contribution < 1.29 is 13.9 Å². The summed E-state index contributed by atoms with van der Waals surface area (Å²) < 4.78 is 11.2. The minimum Gasteiger partial charge on any atom is -0.491 e. The second-order valence-electron chi connectivity index (χ2n) is 6.31. The highest BCUT2D eigenvalue weighted by Gasteiger charge is 2.29. The Bertz CT molecular complexity index is 939. The number of nitrogens with zero attached hydrogens (tertiary/aromatic N) is 4. The Morgan fingerprint density at radius 1 is 1.23 bits per heavy atom. The van der Waals surface area contributed by atoms with Gasteiger partial charge in [0.05, 0.1) is 18.3 Å². The zero-order valence-corrected chi connectivity index (χ0v) is 14.5. The average molecular weight is 350 g/mol. The Morgan fingerprint density at radius 3 is 2.77 bits per heavy atom. The van der Waals surface area contributed by atoms with Crippen LogP contribution in [0.25, 0.3) is 11.1 Å². The van der Waals surface area contributed by atoms with Gasteiger partial charge in [0.25, 0.3) is 5.91 Å². The average Bonchev–Trinajstić information content (AvgIpc) is 3.03. The molecule has 7 heteroatoms. The van der Waals surface area contributed by atoms with Crippen molar-refractivity contribution in [3.8, 4) is 16.9 Å². The van der Waals surface area contributed by atoms with Crippen LogP contribution in [-0.4, -0.2) is 38.4 Å². The van der Waals surface area contributed by atoms with E-state index >= 15 is 0 Å². The second-order valence-corrected chi connectivity index (χ2v) is 6.31. The number of fused-ring (bicyclic) bond motifs is 1. The lowest BCUT2D eigenvalue weighted by Crippen LogP contribution is -2.40. The summed E-state index contributed by atoms with van der Waals surface area (Å²) in [6, 6.07) is 5.82. The number of oxazole rings is 1. The summed E-state index contributed by atoms with van der Waals surface area (Å²) in [6.45, 7) is 4.56. The van der Waals surface area contributed by atoms with Crippen LogP contribution in [0.4, 0.5) is 0 Å². The molecular weight excluding hydrogens is 332 g/mol. The molecule has 0 fully saturated rings. The van der Waals surface area contributed by atoms with Gasteiger partial charge in [0.2, 0.25) is 5.76 Å². The van der Waals surface area contributed by atoms with Gasteiger partial charge in [-0.25, -0.2) is 15.0 Å². The molecule has 0 radical (unpaired) electrons. The van der Waals surface area contributed by atoms with E-state index in [1.165, 1.54) is 12.7 Å². The van der Waals surface area contributed by atoms with Crippen molar-refractivity contribution in [1.29, 1.82) is 0 Å². The van der Waals surface area contributed by atoms with Gasteiger partial charge in [-0.15, -0.1) is 0 Å². The fraction of sp³-hybridized carbons (Fsp3) is 0.263. The van der Waals surface area contributed by atoms with Crippen LogP contribution in [0.15, 0.2) is 47.7 Å². The van der Waals surface area contributed by atoms with Crippen LogP contribution in [0.5, 0.6) is 5.75 Å². The van der Waals surface area contributed by atoms with E-state index in [0.717, 1.165) is 22.4 Å². The van der Waals surface area contributed by atoms with Gasteiger partial charge in [-0.2, -0.15) is 0 Å². The summed E-state index contributed by atoms with van der Waals surface area (Å²) in [4.78, 5) is 26.8. The molecule has 1 aromatic carbocycles. The van der Waals surface area contributed by atoms with Gasteiger partial charge >= 0.3 is 0 Å². The van der Waals surface area contributed by atoms with Crippen LogP contribution in [0, 0.1) is 6.92 Å². The van der Waals surface area contributed by atoms with Crippen molar-refractivity contribution in [3.63, 3.8) is 0 Å². The molecule has 7 nitrogen and oxygen atoms in total. The first kappa shape index (κ1) is 16.3. The van der Waals surface area contributed by atoms with Gasteiger partial charge in [-0.05, 0) is 31.5 Å². The summed E-state index contributed by atoms with van der Waals surface area (Å²) in [5.74, 6) is 0.868. The first-order chi connectivity index (χ1) is 12.6. The van der Waals surface area contributed by atoms with E-state index in [0.29, 0.717) is 18.8 Å². The van der Waals surface area contributed by atoms with E-state index in [-0.39, 0.29) is 17.7 Å².